The van der Waals surface area contributed by atoms with Crippen LogP contribution in [-0.4, -0.2) is 4.98 Å². The Morgan fingerprint density at radius 3 is 2.71 bits per heavy atom. The van der Waals surface area contributed by atoms with E-state index in [1.807, 2.05) is 12.1 Å². The molecule has 2 nitrogen and oxygen atoms in total. The number of anilines is 1. The van der Waals surface area contributed by atoms with Gasteiger partial charge in [-0.1, -0.05) is 46.7 Å². The number of benzene rings is 2. The number of halogens is 2. The lowest BCUT2D eigenvalue weighted by atomic mass is 10.1. The minimum atomic E-state index is 0.633. The average molecular weight is 337 g/mol. The lowest BCUT2D eigenvalue weighted by Crippen LogP contribution is -1.99. The molecule has 0 saturated carbocycles. The number of aryl methyl sites for hydroxylation is 2. The van der Waals surface area contributed by atoms with Crippen molar-refractivity contribution in [3.63, 3.8) is 0 Å². The van der Waals surface area contributed by atoms with Gasteiger partial charge >= 0.3 is 0 Å². The van der Waals surface area contributed by atoms with Crippen molar-refractivity contribution in [3.8, 4) is 0 Å². The van der Waals surface area contributed by atoms with E-state index < -0.39 is 0 Å². The van der Waals surface area contributed by atoms with Crippen LogP contribution in [0.1, 0.15) is 16.7 Å². The molecule has 0 aliphatic heterocycles. The number of thiazole rings is 1. The first-order valence-corrected chi connectivity index (χ1v) is 8.16. The summed E-state index contributed by atoms with van der Waals surface area (Å²) in [7, 11) is 0. The standard InChI is InChI=1S/C16H14Cl2N2S/c1-9-5-10(2)15-14(6-9)21-16(20-15)19-8-11-3-4-12(17)7-13(11)18/h3-7H,8H2,1-2H3,(H,19,20). The maximum absolute atomic E-state index is 6.18. The summed E-state index contributed by atoms with van der Waals surface area (Å²) in [6, 6.07) is 9.85. The summed E-state index contributed by atoms with van der Waals surface area (Å²) in [5, 5.41) is 5.56. The van der Waals surface area contributed by atoms with E-state index in [4.69, 9.17) is 23.2 Å². The molecule has 0 saturated heterocycles. The monoisotopic (exact) mass is 336 g/mol. The van der Waals surface area contributed by atoms with Crippen molar-refractivity contribution in [2.75, 3.05) is 5.32 Å². The summed E-state index contributed by atoms with van der Waals surface area (Å²) in [4.78, 5) is 4.65. The summed E-state index contributed by atoms with van der Waals surface area (Å²) in [6.07, 6.45) is 0. The van der Waals surface area contributed by atoms with Gasteiger partial charge in [0.15, 0.2) is 5.13 Å². The summed E-state index contributed by atoms with van der Waals surface area (Å²) in [5.41, 5.74) is 4.54. The molecule has 2 aromatic carbocycles. The highest BCUT2D eigenvalue weighted by atomic mass is 35.5. The molecule has 0 spiro atoms. The molecule has 0 bridgehead atoms. The van der Waals surface area contributed by atoms with Crippen molar-refractivity contribution < 1.29 is 0 Å². The first kappa shape index (κ1) is 14.6. The van der Waals surface area contributed by atoms with E-state index >= 15 is 0 Å². The molecule has 1 N–H and O–H groups in total. The Balaban J connectivity index is 1.83. The van der Waals surface area contributed by atoms with Crippen LogP contribution in [0.5, 0.6) is 0 Å². The van der Waals surface area contributed by atoms with Gasteiger partial charge in [0.1, 0.15) is 0 Å². The van der Waals surface area contributed by atoms with Gasteiger partial charge in [0.2, 0.25) is 0 Å². The average Bonchev–Trinajstić information content (AvgIpc) is 2.81. The number of hydrogen-bond acceptors (Lipinski definition) is 3. The van der Waals surface area contributed by atoms with Crippen LogP contribution < -0.4 is 5.32 Å². The molecular weight excluding hydrogens is 323 g/mol. The molecule has 0 radical (unpaired) electrons. The molecule has 3 aromatic rings. The first-order chi connectivity index (χ1) is 10.0. The largest absolute Gasteiger partial charge is 0.357 e. The second-order valence-corrected chi connectivity index (χ2v) is 6.91. The molecule has 1 aromatic heterocycles. The zero-order valence-electron chi connectivity index (χ0n) is 11.7. The second kappa shape index (κ2) is 5.84. The van der Waals surface area contributed by atoms with Crippen molar-refractivity contribution in [2.24, 2.45) is 0 Å². The highest BCUT2D eigenvalue weighted by molar-refractivity contribution is 7.22. The van der Waals surface area contributed by atoms with Gasteiger partial charge < -0.3 is 5.32 Å². The zero-order chi connectivity index (χ0) is 15.0. The summed E-state index contributed by atoms with van der Waals surface area (Å²) in [6.45, 7) is 4.83. The Labute approximate surface area is 137 Å². The normalized spacial score (nSPS) is 11.0. The molecule has 0 aliphatic rings. The van der Waals surface area contributed by atoms with E-state index in [-0.39, 0.29) is 0 Å². The Morgan fingerprint density at radius 2 is 1.95 bits per heavy atom. The van der Waals surface area contributed by atoms with E-state index in [0.717, 1.165) is 16.2 Å². The summed E-state index contributed by atoms with van der Waals surface area (Å²) in [5.74, 6) is 0. The van der Waals surface area contributed by atoms with Gasteiger partial charge in [0.05, 0.1) is 10.2 Å². The molecule has 0 amide bonds. The van der Waals surface area contributed by atoms with Crippen LogP contribution in [0.15, 0.2) is 30.3 Å². The van der Waals surface area contributed by atoms with Gasteiger partial charge in [-0.05, 0) is 48.7 Å². The molecule has 108 valence electrons. The first-order valence-electron chi connectivity index (χ1n) is 6.58. The van der Waals surface area contributed by atoms with E-state index in [0.29, 0.717) is 16.6 Å². The van der Waals surface area contributed by atoms with Gasteiger partial charge in [-0.3, -0.25) is 0 Å². The summed E-state index contributed by atoms with van der Waals surface area (Å²) >= 11 is 13.7. The van der Waals surface area contributed by atoms with Crippen LogP contribution in [0.4, 0.5) is 5.13 Å². The van der Waals surface area contributed by atoms with Crippen molar-refractivity contribution in [1.82, 2.24) is 4.98 Å². The van der Waals surface area contributed by atoms with Gasteiger partial charge in [-0.15, -0.1) is 0 Å². The van der Waals surface area contributed by atoms with Gasteiger partial charge in [0.25, 0.3) is 0 Å². The van der Waals surface area contributed by atoms with Gasteiger partial charge in [0, 0.05) is 16.6 Å². The van der Waals surface area contributed by atoms with Crippen LogP contribution in [0, 0.1) is 13.8 Å². The maximum Gasteiger partial charge on any atom is 0.184 e. The number of nitrogens with one attached hydrogen (secondary N) is 1. The van der Waals surface area contributed by atoms with E-state index in [1.54, 1.807) is 17.4 Å². The Kier molecular flexibility index (Phi) is 4.07. The molecule has 5 heteroatoms. The van der Waals surface area contributed by atoms with E-state index in [9.17, 15) is 0 Å². The predicted molar refractivity (Wildman–Crippen MR) is 92.9 cm³/mol. The highest BCUT2D eigenvalue weighted by Gasteiger charge is 2.08. The van der Waals surface area contributed by atoms with E-state index in [2.05, 4.69) is 36.3 Å². The van der Waals surface area contributed by atoms with Crippen LogP contribution in [0.2, 0.25) is 10.0 Å². The van der Waals surface area contributed by atoms with Gasteiger partial charge in [-0.25, -0.2) is 4.98 Å². The van der Waals surface area contributed by atoms with Gasteiger partial charge in [-0.2, -0.15) is 0 Å². The number of aromatic nitrogens is 1. The fraction of sp³-hybridized carbons (Fsp3) is 0.188. The molecule has 3 rings (SSSR count). The SMILES string of the molecule is Cc1cc(C)c2nc(NCc3ccc(Cl)cc3Cl)sc2c1. The molecule has 0 aliphatic carbocycles. The van der Waals surface area contributed by atoms with Crippen LogP contribution >= 0.6 is 34.5 Å². The Morgan fingerprint density at radius 1 is 1.14 bits per heavy atom. The highest BCUT2D eigenvalue weighted by Crippen LogP contribution is 2.30. The molecule has 1 heterocycles. The Bertz CT molecular complexity index is 811. The lowest BCUT2D eigenvalue weighted by molar-refractivity contribution is 1.14. The topological polar surface area (TPSA) is 24.9 Å². The minimum Gasteiger partial charge on any atom is -0.357 e. The third-order valence-electron chi connectivity index (χ3n) is 3.28. The Hall–Kier alpha value is -1.29. The number of fused-ring (bicyclic) bond motifs is 1. The number of hydrogen-bond donors (Lipinski definition) is 1. The third-order valence-corrected chi connectivity index (χ3v) is 4.82. The fourth-order valence-corrected chi connectivity index (χ4v) is 3.80. The molecule has 0 fully saturated rings. The summed E-state index contributed by atoms with van der Waals surface area (Å²) < 4.78 is 1.21. The molecule has 21 heavy (non-hydrogen) atoms. The smallest absolute Gasteiger partial charge is 0.184 e. The zero-order valence-corrected chi connectivity index (χ0v) is 14.0. The van der Waals surface area contributed by atoms with Crippen molar-refractivity contribution in [3.05, 3.63) is 57.1 Å². The quantitative estimate of drug-likeness (QED) is 0.650. The molecular formula is C16H14Cl2N2S. The van der Waals surface area contributed by atoms with Crippen LogP contribution in [0.3, 0.4) is 0 Å². The molecule has 0 unspecified atom stereocenters. The van der Waals surface area contributed by atoms with Crippen molar-refractivity contribution in [1.29, 1.82) is 0 Å². The number of nitrogens with zero attached hydrogens (tertiary/aromatic N) is 1. The lowest BCUT2D eigenvalue weighted by Gasteiger charge is -2.05. The number of rotatable bonds is 3. The van der Waals surface area contributed by atoms with Crippen molar-refractivity contribution in [2.45, 2.75) is 20.4 Å². The van der Waals surface area contributed by atoms with Crippen LogP contribution in [0.25, 0.3) is 10.2 Å². The predicted octanol–water partition coefficient (Wildman–Crippen LogP) is 5.83. The second-order valence-electron chi connectivity index (χ2n) is 5.04. The maximum atomic E-state index is 6.18. The third kappa shape index (κ3) is 3.15. The fourth-order valence-electron chi connectivity index (χ4n) is 2.28. The molecule has 0 atom stereocenters. The van der Waals surface area contributed by atoms with Crippen molar-refractivity contribution >= 4 is 49.9 Å². The minimum absolute atomic E-state index is 0.633. The van der Waals surface area contributed by atoms with Crippen LogP contribution in [-0.2, 0) is 6.54 Å². The van der Waals surface area contributed by atoms with E-state index in [1.165, 1.54) is 15.8 Å².